The smallest absolute Gasteiger partial charge is 0.170 e. The van der Waals surface area contributed by atoms with E-state index in [2.05, 4.69) is 42.5 Å². The van der Waals surface area contributed by atoms with Gasteiger partial charge in [-0.05, 0) is 42.7 Å². The van der Waals surface area contributed by atoms with Crippen molar-refractivity contribution in [2.24, 2.45) is 10.9 Å². The first kappa shape index (κ1) is 13.9. The van der Waals surface area contributed by atoms with Crippen molar-refractivity contribution in [3.05, 3.63) is 64.7 Å². The van der Waals surface area contributed by atoms with Gasteiger partial charge in [0.25, 0.3) is 0 Å². The predicted octanol–water partition coefficient (Wildman–Crippen LogP) is 3.01. The first-order valence-electron chi connectivity index (χ1n) is 6.48. The molecule has 4 N–H and O–H groups in total. The fraction of sp³-hybridized carbons (Fsp3) is 0.188. The number of benzene rings is 2. The molecule has 2 aromatic rings. The summed E-state index contributed by atoms with van der Waals surface area (Å²) >= 11 is 0. The Morgan fingerprint density at radius 2 is 1.90 bits per heavy atom. The van der Waals surface area contributed by atoms with Gasteiger partial charge in [0.1, 0.15) is 0 Å². The minimum Gasteiger partial charge on any atom is -0.409 e. The van der Waals surface area contributed by atoms with E-state index in [1.807, 2.05) is 24.3 Å². The van der Waals surface area contributed by atoms with Crippen molar-refractivity contribution in [1.29, 1.82) is 0 Å². The van der Waals surface area contributed by atoms with Crippen molar-refractivity contribution in [3.8, 4) is 0 Å². The fourth-order valence-electron chi connectivity index (χ4n) is 2.03. The van der Waals surface area contributed by atoms with Crippen LogP contribution in [-0.2, 0) is 6.54 Å². The van der Waals surface area contributed by atoms with Crippen LogP contribution < -0.4 is 11.1 Å². The third-order valence-corrected chi connectivity index (χ3v) is 3.39. The summed E-state index contributed by atoms with van der Waals surface area (Å²) < 4.78 is 0. The van der Waals surface area contributed by atoms with E-state index >= 15 is 0 Å². The lowest BCUT2D eigenvalue weighted by Gasteiger charge is -2.11. The molecule has 0 saturated carbocycles. The van der Waals surface area contributed by atoms with Crippen molar-refractivity contribution in [2.45, 2.75) is 20.4 Å². The van der Waals surface area contributed by atoms with Gasteiger partial charge in [-0.25, -0.2) is 0 Å². The van der Waals surface area contributed by atoms with E-state index in [1.165, 1.54) is 11.1 Å². The minimum atomic E-state index is 0.127. The number of oxime groups is 1. The molecule has 2 aromatic carbocycles. The summed E-state index contributed by atoms with van der Waals surface area (Å²) in [6.07, 6.45) is 0. The summed E-state index contributed by atoms with van der Waals surface area (Å²) in [6, 6.07) is 13.9. The Kier molecular flexibility index (Phi) is 4.25. The third kappa shape index (κ3) is 3.09. The second kappa shape index (κ2) is 6.10. The largest absolute Gasteiger partial charge is 0.409 e. The summed E-state index contributed by atoms with van der Waals surface area (Å²) in [5.74, 6) is 0.127. The van der Waals surface area contributed by atoms with Gasteiger partial charge in [0.2, 0.25) is 0 Å². The van der Waals surface area contributed by atoms with Crippen LogP contribution in [0.15, 0.2) is 47.6 Å². The molecule has 0 aromatic heterocycles. The number of nitrogens with one attached hydrogen (secondary N) is 1. The molecule has 0 amide bonds. The van der Waals surface area contributed by atoms with E-state index in [4.69, 9.17) is 10.9 Å². The second-order valence-corrected chi connectivity index (χ2v) is 4.79. The molecule has 0 radical (unpaired) electrons. The van der Waals surface area contributed by atoms with Gasteiger partial charge >= 0.3 is 0 Å². The highest BCUT2D eigenvalue weighted by atomic mass is 16.4. The quantitative estimate of drug-likeness (QED) is 0.346. The van der Waals surface area contributed by atoms with Gasteiger partial charge < -0.3 is 16.3 Å². The first-order valence-corrected chi connectivity index (χ1v) is 6.48. The van der Waals surface area contributed by atoms with Crippen LogP contribution in [0.4, 0.5) is 5.69 Å². The Balaban J connectivity index is 2.17. The maximum absolute atomic E-state index is 8.81. The highest BCUT2D eigenvalue weighted by molar-refractivity contribution is 5.98. The van der Waals surface area contributed by atoms with E-state index in [9.17, 15) is 0 Å². The molecule has 0 bridgehead atoms. The summed E-state index contributed by atoms with van der Waals surface area (Å²) in [5.41, 5.74) is 11.0. The summed E-state index contributed by atoms with van der Waals surface area (Å²) in [7, 11) is 0. The fourth-order valence-corrected chi connectivity index (χ4v) is 2.03. The number of aryl methyl sites for hydroxylation is 2. The minimum absolute atomic E-state index is 0.127. The van der Waals surface area contributed by atoms with Crippen LogP contribution in [0.25, 0.3) is 0 Å². The van der Waals surface area contributed by atoms with Gasteiger partial charge in [-0.15, -0.1) is 0 Å². The molecule has 2 rings (SSSR count). The van der Waals surface area contributed by atoms with Crippen molar-refractivity contribution in [3.63, 3.8) is 0 Å². The van der Waals surface area contributed by atoms with Crippen molar-refractivity contribution in [2.75, 3.05) is 5.32 Å². The van der Waals surface area contributed by atoms with Crippen LogP contribution in [0.2, 0.25) is 0 Å². The molecule has 0 aliphatic rings. The molecule has 0 atom stereocenters. The predicted molar refractivity (Wildman–Crippen MR) is 82.2 cm³/mol. The molecule has 0 spiro atoms. The molecular weight excluding hydrogens is 250 g/mol. The lowest BCUT2D eigenvalue weighted by Crippen LogP contribution is -2.16. The maximum atomic E-state index is 8.81. The molecule has 104 valence electrons. The first-order chi connectivity index (χ1) is 9.61. The molecule has 0 aliphatic carbocycles. The monoisotopic (exact) mass is 269 g/mol. The Hall–Kier alpha value is -2.49. The van der Waals surface area contributed by atoms with Crippen LogP contribution >= 0.6 is 0 Å². The molecule has 0 saturated heterocycles. The number of hydrogen-bond acceptors (Lipinski definition) is 3. The lowest BCUT2D eigenvalue weighted by atomic mass is 10.1. The van der Waals surface area contributed by atoms with Crippen molar-refractivity contribution >= 4 is 11.5 Å². The highest BCUT2D eigenvalue weighted by Gasteiger charge is 2.06. The zero-order valence-electron chi connectivity index (χ0n) is 11.7. The molecule has 20 heavy (non-hydrogen) atoms. The molecule has 4 nitrogen and oxygen atoms in total. The standard InChI is InChI=1S/C16H19N3O/c1-11-7-8-14(9-12(11)2)18-10-13-5-3-4-6-15(13)16(17)19-20/h3-9,18,20H,10H2,1-2H3,(H2,17,19). The zero-order chi connectivity index (χ0) is 14.5. The number of amidine groups is 1. The summed E-state index contributed by atoms with van der Waals surface area (Å²) in [4.78, 5) is 0. The molecule has 0 fully saturated rings. The van der Waals surface area contributed by atoms with Crippen LogP contribution in [0, 0.1) is 13.8 Å². The normalized spacial score (nSPS) is 11.4. The Morgan fingerprint density at radius 1 is 1.15 bits per heavy atom. The van der Waals surface area contributed by atoms with E-state index < -0.39 is 0 Å². The third-order valence-electron chi connectivity index (χ3n) is 3.39. The van der Waals surface area contributed by atoms with Gasteiger partial charge in [0, 0.05) is 17.8 Å². The average Bonchev–Trinajstić information content (AvgIpc) is 2.48. The summed E-state index contributed by atoms with van der Waals surface area (Å²) in [6.45, 7) is 4.80. The van der Waals surface area contributed by atoms with Crippen LogP contribution in [0.5, 0.6) is 0 Å². The van der Waals surface area contributed by atoms with Gasteiger partial charge in [0.15, 0.2) is 5.84 Å². The van der Waals surface area contributed by atoms with Crippen LogP contribution in [0.1, 0.15) is 22.3 Å². The number of anilines is 1. The van der Waals surface area contributed by atoms with Gasteiger partial charge in [0.05, 0.1) is 0 Å². The maximum Gasteiger partial charge on any atom is 0.170 e. The highest BCUT2D eigenvalue weighted by Crippen LogP contribution is 2.16. The van der Waals surface area contributed by atoms with E-state index in [0.717, 1.165) is 16.8 Å². The molecular formula is C16H19N3O. The van der Waals surface area contributed by atoms with E-state index in [-0.39, 0.29) is 5.84 Å². The Morgan fingerprint density at radius 3 is 2.60 bits per heavy atom. The number of rotatable bonds is 4. The van der Waals surface area contributed by atoms with Gasteiger partial charge in [-0.1, -0.05) is 35.5 Å². The van der Waals surface area contributed by atoms with Crippen LogP contribution in [0.3, 0.4) is 0 Å². The van der Waals surface area contributed by atoms with Crippen molar-refractivity contribution in [1.82, 2.24) is 0 Å². The average molecular weight is 269 g/mol. The molecule has 0 unspecified atom stereocenters. The molecule has 0 heterocycles. The SMILES string of the molecule is Cc1ccc(NCc2ccccc2C(N)=NO)cc1C. The summed E-state index contributed by atoms with van der Waals surface area (Å²) in [5, 5.41) is 15.2. The van der Waals surface area contributed by atoms with Gasteiger partial charge in [-0.2, -0.15) is 0 Å². The number of nitrogens with zero attached hydrogens (tertiary/aromatic N) is 1. The van der Waals surface area contributed by atoms with E-state index in [0.29, 0.717) is 6.54 Å². The molecule has 4 heteroatoms. The Labute approximate surface area is 118 Å². The van der Waals surface area contributed by atoms with Crippen LogP contribution in [-0.4, -0.2) is 11.0 Å². The topological polar surface area (TPSA) is 70.6 Å². The Bertz CT molecular complexity index is 635. The number of nitrogens with two attached hydrogens (primary N) is 1. The lowest BCUT2D eigenvalue weighted by molar-refractivity contribution is 0.318. The number of hydrogen-bond donors (Lipinski definition) is 3. The van der Waals surface area contributed by atoms with E-state index in [1.54, 1.807) is 0 Å². The van der Waals surface area contributed by atoms with Gasteiger partial charge in [-0.3, -0.25) is 0 Å². The second-order valence-electron chi connectivity index (χ2n) is 4.79. The zero-order valence-corrected chi connectivity index (χ0v) is 11.7. The van der Waals surface area contributed by atoms with Crippen molar-refractivity contribution < 1.29 is 5.21 Å². The molecule has 0 aliphatic heterocycles.